The summed E-state index contributed by atoms with van der Waals surface area (Å²) >= 11 is 6.39. The van der Waals surface area contributed by atoms with Crippen molar-refractivity contribution in [2.45, 2.75) is 39.3 Å². The lowest BCUT2D eigenvalue weighted by atomic mass is 10.1. The van der Waals surface area contributed by atoms with Gasteiger partial charge >= 0.3 is 0 Å². The molecule has 176 valence electrons. The Hall–Kier alpha value is -3.38. The Labute approximate surface area is 204 Å². The van der Waals surface area contributed by atoms with E-state index in [1.807, 2.05) is 62.4 Å². The first-order valence-electron chi connectivity index (χ1n) is 11.6. The highest BCUT2D eigenvalue weighted by atomic mass is 35.5. The van der Waals surface area contributed by atoms with Crippen molar-refractivity contribution in [1.29, 1.82) is 0 Å². The summed E-state index contributed by atoms with van der Waals surface area (Å²) in [5.41, 5.74) is 2.05. The fourth-order valence-electron chi connectivity index (χ4n) is 4.46. The summed E-state index contributed by atoms with van der Waals surface area (Å²) < 4.78 is 0. The fraction of sp³-hybridized carbons (Fsp3) is 0.296. The van der Waals surface area contributed by atoms with Gasteiger partial charge in [0.15, 0.2) is 0 Å². The molecule has 1 heterocycles. The first kappa shape index (κ1) is 23.8. The number of halogens is 1. The molecular weight excluding hydrogens is 450 g/mol. The van der Waals surface area contributed by atoms with Crippen molar-refractivity contribution in [2.24, 2.45) is 0 Å². The number of benzene rings is 3. The third-order valence-corrected chi connectivity index (χ3v) is 6.54. The van der Waals surface area contributed by atoms with Gasteiger partial charge in [-0.1, -0.05) is 67.9 Å². The van der Waals surface area contributed by atoms with Crippen LogP contribution in [0.15, 0.2) is 60.7 Å². The van der Waals surface area contributed by atoms with Crippen LogP contribution in [0, 0.1) is 0 Å². The minimum absolute atomic E-state index is 0.158. The maximum atomic E-state index is 13.7. The highest BCUT2D eigenvalue weighted by Crippen LogP contribution is 2.37. The molecule has 34 heavy (non-hydrogen) atoms. The van der Waals surface area contributed by atoms with Crippen molar-refractivity contribution < 1.29 is 14.4 Å². The predicted molar refractivity (Wildman–Crippen MR) is 135 cm³/mol. The summed E-state index contributed by atoms with van der Waals surface area (Å²) in [5.74, 6) is -0.721. The molecule has 3 aromatic rings. The second-order valence-corrected chi connectivity index (χ2v) is 8.81. The summed E-state index contributed by atoms with van der Waals surface area (Å²) in [6.45, 7) is 4.40. The van der Waals surface area contributed by atoms with Gasteiger partial charge in [0, 0.05) is 29.1 Å². The average molecular weight is 478 g/mol. The molecule has 0 saturated carbocycles. The third kappa shape index (κ3) is 4.50. The number of carbonyl (C=O) groups excluding carboxylic acids is 3. The van der Waals surface area contributed by atoms with Crippen LogP contribution in [0.2, 0.25) is 5.02 Å². The highest BCUT2D eigenvalue weighted by Gasteiger charge is 2.35. The van der Waals surface area contributed by atoms with Gasteiger partial charge in [0.05, 0.1) is 5.69 Å². The van der Waals surface area contributed by atoms with Crippen LogP contribution in [0.3, 0.4) is 0 Å². The lowest BCUT2D eigenvalue weighted by Crippen LogP contribution is -2.52. The second kappa shape index (κ2) is 10.3. The van der Waals surface area contributed by atoms with E-state index < -0.39 is 6.04 Å². The van der Waals surface area contributed by atoms with Gasteiger partial charge in [0.2, 0.25) is 11.8 Å². The maximum absolute atomic E-state index is 13.7. The molecule has 7 heteroatoms. The second-order valence-electron chi connectivity index (χ2n) is 8.40. The SMILES string of the molecule is CCCNC(=O)[C@@H](CC)N(Cc1ccccc1Cl)C(=O)CN1C(=O)c2cccc3cccc1c23. The molecule has 1 atom stereocenters. The smallest absolute Gasteiger partial charge is 0.259 e. The predicted octanol–water partition coefficient (Wildman–Crippen LogP) is 4.79. The Morgan fingerprint density at radius 3 is 2.47 bits per heavy atom. The number of amides is 3. The van der Waals surface area contributed by atoms with Crippen LogP contribution in [-0.4, -0.2) is 41.8 Å². The van der Waals surface area contributed by atoms with Crippen LogP contribution < -0.4 is 10.2 Å². The summed E-state index contributed by atoms with van der Waals surface area (Å²) in [5, 5.41) is 5.24. The molecule has 0 radical (unpaired) electrons. The number of nitrogens with one attached hydrogen (secondary N) is 1. The van der Waals surface area contributed by atoms with E-state index in [4.69, 9.17) is 11.6 Å². The molecule has 3 amide bonds. The summed E-state index contributed by atoms with van der Waals surface area (Å²) in [7, 11) is 0. The van der Waals surface area contributed by atoms with E-state index in [0.29, 0.717) is 29.2 Å². The summed E-state index contributed by atoms with van der Waals surface area (Å²) in [6.07, 6.45) is 1.24. The number of anilines is 1. The monoisotopic (exact) mass is 477 g/mol. The molecule has 3 aromatic carbocycles. The van der Waals surface area contributed by atoms with Gasteiger partial charge in [-0.2, -0.15) is 0 Å². The quantitative estimate of drug-likeness (QED) is 0.482. The molecule has 0 saturated heterocycles. The van der Waals surface area contributed by atoms with Gasteiger partial charge < -0.3 is 10.2 Å². The molecule has 4 rings (SSSR count). The van der Waals surface area contributed by atoms with Gasteiger partial charge in [0.1, 0.15) is 12.6 Å². The zero-order valence-electron chi connectivity index (χ0n) is 19.4. The van der Waals surface area contributed by atoms with Gasteiger partial charge in [-0.05, 0) is 42.0 Å². The third-order valence-electron chi connectivity index (χ3n) is 6.18. The molecule has 1 N–H and O–H groups in total. The van der Waals surface area contributed by atoms with E-state index in [1.54, 1.807) is 17.0 Å². The topological polar surface area (TPSA) is 69.7 Å². The van der Waals surface area contributed by atoms with Crippen LogP contribution in [-0.2, 0) is 16.1 Å². The van der Waals surface area contributed by atoms with E-state index in [-0.39, 0.29) is 30.8 Å². The van der Waals surface area contributed by atoms with E-state index in [0.717, 1.165) is 22.8 Å². The first-order chi connectivity index (χ1) is 16.5. The van der Waals surface area contributed by atoms with Crippen LogP contribution in [0.5, 0.6) is 0 Å². The Kier molecular flexibility index (Phi) is 7.17. The Bertz CT molecular complexity index is 1240. The first-order valence-corrected chi connectivity index (χ1v) is 12.0. The molecule has 6 nitrogen and oxygen atoms in total. The number of hydrogen-bond acceptors (Lipinski definition) is 3. The lowest BCUT2D eigenvalue weighted by molar-refractivity contribution is -0.140. The zero-order valence-corrected chi connectivity index (χ0v) is 20.1. The normalized spacial score (nSPS) is 13.3. The number of carbonyl (C=O) groups is 3. The molecule has 1 aliphatic heterocycles. The number of hydrogen-bond donors (Lipinski definition) is 1. The Morgan fingerprint density at radius 2 is 1.76 bits per heavy atom. The summed E-state index contributed by atoms with van der Waals surface area (Å²) in [6, 6.07) is 17.9. The van der Waals surface area contributed by atoms with Crippen molar-refractivity contribution in [2.75, 3.05) is 18.0 Å². The van der Waals surface area contributed by atoms with Crippen LogP contribution >= 0.6 is 11.6 Å². The van der Waals surface area contributed by atoms with Gasteiger partial charge in [0.25, 0.3) is 5.91 Å². The van der Waals surface area contributed by atoms with Crippen LogP contribution in [0.4, 0.5) is 5.69 Å². The van der Waals surface area contributed by atoms with Crippen molar-refractivity contribution in [1.82, 2.24) is 10.2 Å². The molecule has 0 bridgehead atoms. The van der Waals surface area contributed by atoms with E-state index in [2.05, 4.69) is 5.32 Å². The maximum Gasteiger partial charge on any atom is 0.259 e. The van der Waals surface area contributed by atoms with Crippen molar-refractivity contribution in [3.63, 3.8) is 0 Å². The van der Waals surface area contributed by atoms with Crippen LogP contribution in [0.25, 0.3) is 10.8 Å². The molecular formula is C27H28ClN3O3. The highest BCUT2D eigenvalue weighted by molar-refractivity contribution is 6.31. The molecule has 0 aromatic heterocycles. The van der Waals surface area contributed by atoms with Gasteiger partial charge in [-0.25, -0.2) is 0 Å². The van der Waals surface area contributed by atoms with E-state index in [1.165, 1.54) is 4.90 Å². The van der Waals surface area contributed by atoms with E-state index >= 15 is 0 Å². The average Bonchev–Trinajstić information content (AvgIpc) is 3.11. The molecule has 0 aliphatic carbocycles. The number of nitrogens with zero attached hydrogens (tertiary/aromatic N) is 2. The van der Waals surface area contributed by atoms with Crippen molar-refractivity contribution >= 4 is 45.8 Å². The fourth-order valence-corrected chi connectivity index (χ4v) is 4.65. The largest absolute Gasteiger partial charge is 0.354 e. The standard InChI is InChI=1S/C27H28ClN3O3/c1-3-15-29-26(33)22(4-2)30(16-19-9-5-6-13-21(19)28)24(32)17-31-23-14-8-11-18-10-7-12-20(25(18)23)27(31)34/h5-14,22H,3-4,15-17H2,1-2H3,(H,29,33)/t22-/m1/s1. The van der Waals surface area contributed by atoms with Crippen LogP contribution in [0.1, 0.15) is 42.6 Å². The minimum Gasteiger partial charge on any atom is -0.354 e. The molecule has 0 unspecified atom stereocenters. The lowest BCUT2D eigenvalue weighted by Gasteiger charge is -2.32. The number of rotatable bonds is 9. The summed E-state index contributed by atoms with van der Waals surface area (Å²) in [4.78, 5) is 43.0. The van der Waals surface area contributed by atoms with Gasteiger partial charge in [-0.3, -0.25) is 19.3 Å². The Morgan fingerprint density at radius 1 is 1.03 bits per heavy atom. The van der Waals surface area contributed by atoms with Crippen molar-refractivity contribution in [3.8, 4) is 0 Å². The van der Waals surface area contributed by atoms with Crippen molar-refractivity contribution in [3.05, 3.63) is 76.8 Å². The Balaban J connectivity index is 1.65. The molecule has 0 spiro atoms. The van der Waals surface area contributed by atoms with E-state index in [9.17, 15) is 14.4 Å². The zero-order chi connectivity index (χ0) is 24.2. The molecule has 0 fully saturated rings. The van der Waals surface area contributed by atoms with Gasteiger partial charge in [-0.15, -0.1) is 0 Å². The molecule has 1 aliphatic rings. The minimum atomic E-state index is -0.675.